The predicted molar refractivity (Wildman–Crippen MR) is 76.3 cm³/mol. The summed E-state index contributed by atoms with van der Waals surface area (Å²) in [5.74, 6) is 0.147. The Morgan fingerprint density at radius 2 is 2.16 bits per heavy atom. The van der Waals surface area contributed by atoms with Crippen LogP contribution in [0.5, 0.6) is 0 Å². The molecule has 1 aliphatic rings. The van der Waals surface area contributed by atoms with Gasteiger partial charge in [0.15, 0.2) is 0 Å². The highest BCUT2D eigenvalue weighted by Crippen LogP contribution is 2.24. The first-order valence-corrected chi connectivity index (χ1v) is 6.98. The Balaban J connectivity index is 1.72. The third-order valence-electron chi connectivity index (χ3n) is 3.46. The van der Waals surface area contributed by atoms with Crippen LogP contribution < -0.4 is 10.6 Å². The lowest BCUT2D eigenvalue weighted by Gasteiger charge is -2.15. The average molecular weight is 283 g/mol. The lowest BCUT2D eigenvalue weighted by atomic mass is 10.1. The summed E-state index contributed by atoms with van der Waals surface area (Å²) in [7, 11) is 0. The monoisotopic (exact) mass is 282 g/mol. The fourth-order valence-electron chi connectivity index (χ4n) is 2.38. The van der Waals surface area contributed by atoms with Crippen LogP contribution >= 0.6 is 11.6 Å². The second kappa shape index (κ2) is 6.89. The van der Waals surface area contributed by atoms with Crippen LogP contribution in [0.2, 0.25) is 5.02 Å². The Morgan fingerprint density at radius 1 is 1.37 bits per heavy atom. The van der Waals surface area contributed by atoms with E-state index in [2.05, 4.69) is 10.6 Å². The number of halogens is 1. The van der Waals surface area contributed by atoms with Crippen LogP contribution in [-0.2, 0) is 4.79 Å². The fourth-order valence-corrected chi connectivity index (χ4v) is 2.57. The maximum absolute atomic E-state index is 11.7. The standard InChI is InChI=1S/C14H19ClN2O2/c15-11-5-1-2-6-12(11)17-14(19)9-16-8-10-4-3-7-13(10)18/h1-2,5-6,10,13,16,18H,3-4,7-9H2,(H,17,19). The highest BCUT2D eigenvalue weighted by molar-refractivity contribution is 6.33. The van der Waals surface area contributed by atoms with Gasteiger partial charge in [0.2, 0.25) is 5.91 Å². The smallest absolute Gasteiger partial charge is 0.238 e. The molecule has 1 aromatic rings. The molecular formula is C14H19ClN2O2. The Bertz CT molecular complexity index is 439. The van der Waals surface area contributed by atoms with Crippen LogP contribution in [0.1, 0.15) is 19.3 Å². The number of aliphatic hydroxyl groups excluding tert-OH is 1. The average Bonchev–Trinajstić information content (AvgIpc) is 2.78. The van der Waals surface area contributed by atoms with Gasteiger partial charge >= 0.3 is 0 Å². The Hall–Kier alpha value is -1.10. The minimum absolute atomic E-state index is 0.124. The molecule has 0 aliphatic heterocycles. The minimum Gasteiger partial charge on any atom is -0.393 e. The van der Waals surface area contributed by atoms with Crippen LogP contribution in [0.4, 0.5) is 5.69 Å². The van der Waals surface area contributed by atoms with Crippen molar-refractivity contribution in [1.29, 1.82) is 0 Å². The molecule has 1 saturated carbocycles. The fraction of sp³-hybridized carbons (Fsp3) is 0.500. The van der Waals surface area contributed by atoms with Crippen molar-refractivity contribution in [2.45, 2.75) is 25.4 Å². The molecule has 5 heteroatoms. The zero-order valence-electron chi connectivity index (χ0n) is 10.7. The summed E-state index contributed by atoms with van der Waals surface area (Å²) in [4.78, 5) is 11.7. The van der Waals surface area contributed by atoms with Crippen LogP contribution in [-0.4, -0.2) is 30.2 Å². The molecule has 19 heavy (non-hydrogen) atoms. The zero-order valence-corrected chi connectivity index (χ0v) is 11.5. The maximum atomic E-state index is 11.7. The number of anilines is 1. The van der Waals surface area contributed by atoms with Gasteiger partial charge in [-0.3, -0.25) is 4.79 Å². The van der Waals surface area contributed by atoms with Crippen molar-refractivity contribution in [3.8, 4) is 0 Å². The number of hydrogen-bond acceptors (Lipinski definition) is 3. The van der Waals surface area contributed by atoms with E-state index in [-0.39, 0.29) is 24.5 Å². The number of amides is 1. The van der Waals surface area contributed by atoms with Gasteiger partial charge < -0.3 is 15.7 Å². The van der Waals surface area contributed by atoms with E-state index in [1.165, 1.54) is 0 Å². The molecule has 1 amide bonds. The van der Waals surface area contributed by atoms with Crippen molar-refractivity contribution in [2.24, 2.45) is 5.92 Å². The first-order chi connectivity index (χ1) is 9.16. The number of rotatable bonds is 5. The van der Waals surface area contributed by atoms with E-state index in [4.69, 9.17) is 11.6 Å². The number of nitrogens with one attached hydrogen (secondary N) is 2. The number of carbonyl (C=O) groups is 1. The molecule has 1 aliphatic carbocycles. The van der Waals surface area contributed by atoms with E-state index in [0.717, 1.165) is 19.3 Å². The topological polar surface area (TPSA) is 61.4 Å². The second-order valence-electron chi connectivity index (χ2n) is 4.92. The molecule has 104 valence electrons. The normalized spacial score (nSPS) is 22.4. The lowest BCUT2D eigenvalue weighted by Crippen LogP contribution is -2.34. The molecule has 2 unspecified atom stereocenters. The molecule has 1 aromatic carbocycles. The third-order valence-corrected chi connectivity index (χ3v) is 3.79. The number of benzene rings is 1. The van der Waals surface area contributed by atoms with Gasteiger partial charge in [-0.25, -0.2) is 0 Å². The van der Waals surface area contributed by atoms with Crippen molar-refractivity contribution in [1.82, 2.24) is 5.32 Å². The molecular weight excluding hydrogens is 264 g/mol. The van der Waals surface area contributed by atoms with Gasteiger partial charge in [0.1, 0.15) is 0 Å². The quantitative estimate of drug-likeness (QED) is 0.774. The number of para-hydroxylation sites is 1. The highest BCUT2D eigenvalue weighted by atomic mass is 35.5. The van der Waals surface area contributed by atoms with Gasteiger partial charge in [-0.1, -0.05) is 30.2 Å². The molecule has 0 bridgehead atoms. The number of aliphatic hydroxyl groups is 1. The van der Waals surface area contributed by atoms with Gasteiger partial charge in [-0.15, -0.1) is 0 Å². The molecule has 0 aromatic heterocycles. The molecule has 0 saturated heterocycles. The van der Waals surface area contributed by atoms with Crippen LogP contribution in [0, 0.1) is 5.92 Å². The molecule has 3 N–H and O–H groups in total. The molecule has 1 fully saturated rings. The van der Waals surface area contributed by atoms with E-state index in [9.17, 15) is 9.90 Å². The van der Waals surface area contributed by atoms with Crippen molar-refractivity contribution in [2.75, 3.05) is 18.4 Å². The Labute approximate surface area is 118 Å². The first kappa shape index (κ1) is 14.3. The summed E-state index contributed by atoms with van der Waals surface area (Å²) in [6.07, 6.45) is 2.75. The molecule has 0 heterocycles. The van der Waals surface area contributed by atoms with Gasteiger partial charge in [0, 0.05) is 6.54 Å². The highest BCUT2D eigenvalue weighted by Gasteiger charge is 2.24. The number of hydrogen-bond donors (Lipinski definition) is 3. The van der Waals surface area contributed by atoms with Crippen LogP contribution in [0.15, 0.2) is 24.3 Å². The second-order valence-corrected chi connectivity index (χ2v) is 5.32. The minimum atomic E-state index is -0.223. The third kappa shape index (κ3) is 4.20. The first-order valence-electron chi connectivity index (χ1n) is 6.60. The molecule has 0 spiro atoms. The van der Waals surface area contributed by atoms with Gasteiger partial charge in [-0.2, -0.15) is 0 Å². The van der Waals surface area contributed by atoms with E-state index in [1.807, 2.05) is 12.1 Å². The van der Waals surface area contributed by atoms with E-state index in [0.29, 0.717) is 17.3 Å². The Morgan fingerprint density at radius 3 is 2.84 bits per heavy atom. The Kier molecular flexibility index (Phi) is 5.19. The molecule has 4 nitrogen and oxygen atoms in total. The van der Waals surface area contributed by atoms with Gasteiger partial charge in [-0.05, 0) is 30.9 Å². The maximum Gasteiger partial charge on any atom is 0.238 e. The van der Waals surface area contributed by atoms with Crippen LogP contribution in [0.3, 0.4) is 0 Å². The van der Waals surface area contributed by atoms with Crippen LogP contribution in [0.25, 0.3) is 0 Å². The summed E-state index contributed by atoms with van der Waals surface area (Å²) in [5.41, 5.74) is 0.622. The SMILES string of the molecule is O=C(CNCC1CCCC1O)Nc1ccccc1Cl. The van der Waals surface area contributed by atoms with Crippen molar-refractivity contribution < 1.29 is 9.90 Å². The summed E-state index contributed by atoms with van der Waals surface area (Å²) < 4.78 is 0. The largest absolute Gasteiger partial charge is 0.393 e. The summed E-state index contributed by atoms with van der Waals surface area (Å²) in [6, 6.07) is 7.14. The molecule has 2 rings (SSSR count). The lowest BCUT2D eigenvalue weighted by molar-refractivity contribution is -0.115. The van der Waals surface area contributed by atoms with Crippen molar-refractivity contribution in [3.05, 3.63) is 29.3 Å². The summed E-state index contributed by atoms with van der Waals surface area (Å²) in [6.45, 7) is 0.908. The van der Waals surface area contributed by atoms with Crippen molar-refractivity contribution >= 4 is 23.2 Å². The van der Waals surface area contributed by atoms with Crippen molar-refractivity contribution in [3.63, 3.8) is 0 Å². The molecule has 0 radical (unpaired) electrons. The van der Waals surface area contributed by atoms with E-state index in [1.54, 1.807) is 12.1 Å². The summed E-state index contributed by atoms with van der Waals surface area (Å²) >= 11 is 5.96. The van der Waals surface area contributed by atoms with E-state index < -0.39 is 0 Å². The zero-order chi connectivity index (χ0) is 13.7. The predicted octanol–water partition coefficient (Wildman–Crippen LogP) is 2.03. The van der Waals surface area contributed by atoms with Gasteiger partial charge in [0.25, 0.3) is 0 Å². The molecule has 2 atom stereocenters. The van der Waals surface area contributed by atoms with Gasteiger partial charge in [0.05, 0.1) is 23.4 Å². The summed E-state index contributed by atoms with van der Waals surface area (Å²) in [5, 5.41) is 16.0. The number of carbonyl (C=O) groups excluding carboxylic acids is 1. The van der Waals surface area contributed by atoms with E-state index >= 15 is 0 Å².